The summed E-state index contributed by atoms with van der Waals surface area (Å²) in [6.07, 6.45) is 0. The molecule has 0 aliphatic heterocycles. The van der Waals surface area contributed by atoms with Crippen LogP contribution < -0.4 is 13.3 Å². The minimum absolute atomic E-state index is 1.00. The molecule has 116 valence electrons. The Kier molecular flexibility index (Phi) is 6.62. The fourth-order valence-corrected chi connectivity index (χ4v) is 6.21. The van der Waals surface area contributed by atoms with Crippen LogP contribution in [0.5, 0.6) is 0 Å². The van der Waals surface area contributed by atoms with Crippen LogP contribution in [0.3, 0.4) is 0 Å². The summed E-state index contributed by atoms with van der Waals surface area (Å²) in [4.78, 5) is 0. The summed E-state index contributed by atoms with van der Waals surface area (Å²) < 4.78 is 4.50. The molecule has 0 amide bonds. The highest BCUT2D eigenvalue weighted by Gasteiger charge is 2.26. The molecule has 3 aromatic rings. The van der Waals surface area contributed by atoms with E-state index in [1.54, 1.807) is 0 Å². The van der Waals surface area contributed by atoms with E-state index in [-0.39, 0.29) is 0 Å². The molecule has 0 radical (unpaired) electrons. The van der Waals surface area contributed by atoms with Crippen molar-refractivity contribution in [3.63, 3.8) is 0 Å². The van der Waals surface area contributed by atoms with Gasteiger partial charge in [-0.05, 0) is 19.4 Å². The van der Waals surface area contributed by atoms with Gasteiger partial charge in [0, 0.05) is 7.11 Å². The van der Waals surface area contributed by atoms with E-state index < -0.39 is 14.1 Å². The summed E-state index contributed by atoms with van der Waals surface area (Å²) in [5.41, 5.74) is 2.83. The van der Waals surface area contributed by atoms with Crippen LogP contribution in [0.15, 0.2) is 78.9 Å². The molecular formula is C21H23AlO. The number of aliphatic hydroxyl groups excluding tert-OH is 1. The lowest BCUT2D eigenvalue weighted by atomic mass is 10.1. The van der Waals surface area contributed by atoms with E-state index in [0.29, 0.717) is 0 Å². The third kappa shape index (κ3) is 4.12. The number of aliphatic hydroxyl groups is 1. The highest BCUT2D eigenvalue weighted by atomic mass is 27.2. The lowest BCUT2D eigenvalue weighted by Crippen LogP contribution is -2.53. The molecule has 0 fully saturated rings. The predicted molar refractivity (Wildman–Crippen MR) is 102 cm³/mol. The smallest absolute Gasteiger partial charge is 0.383 e. The molecule has 2 heteroatoms. The van der Waals surface area contributed by atoms with Crippen LogP contribution in [0.25, 0.3) is 0 Å². The van der Waals surface area contributed by atoms with Crippen LogP contribution in [0, 0.1) is 13.8 Å². The van der Waals surface area contributed by atoms with Crippen molar-refractivity contribution in [1.82, 2.24) is 0 Å². The first kappa shape index (κ1) is 17.5. The Morgan fingerprint density at radius 1 is 0.609 bits per heavy atom. The van der Waals surface area contributed by atoms with E-state index in [0.717, 1.165) is 7.11 Å². The van der Waals surface area contributed by atoms with Gasteiger partial charge < -0.3 is 5.11 Å². The van der Waals surface area contributed by atoms with E-state index in [1.807, 2.05) is 0 Å². The second-order valence-corrected chi connectivity index (χ2v) is 8.36. The van der Waals surface area contributed by atoms with Crippen LogP contribution in [-0.4, -0.2) is 26.4 Å². The van der Waals surface area contributed by atoms with Crippen molar-refractivity contribution in [2.45, 2.75) is 13.8 Å². The van der Waals surface area contributed by atoms with Crippen LogP contribution in [0.2, 0.25) is 0 Å². The summed E-state index contributed by atoms with van der Waals surface area (Å²) in [5, 5.41) is 7.00. The van der Waals surface area contributed by atoms with E-state index in [9.17, 15) is 0 Å². The molecule has 23 heavy (non-hydrogen) atoms. The van der Waals surface area contributed by atoms with Crippen LogP contribution in [0.4, 0.5) is 0 Å². The number of benzene rings is 3. The molecule has 1 N–H and O–H groups in total. The zero-order valence-electron chi connectivity index (χ0n) is 14.0. The molecule has 0 unspecified atom stereocenters. The minimum atomic E-state index is -1.38. The first-order valence-corrected chi connectivity index (χ1v) is 9.61. The highest BCUT2D eigenvalue weighted by molar-refractivity contribution is 6.95. The predicted octanol–water partition coefficient (Wildman–Crippen LogP) is 2.43. The van der Waals surface area contributed by atoms with Gasteiger partial charge in [0.2, 0.25) is 0 Å². The molecule has 0 spiro atoms. The number of hydrogen-bond acceptors (Lipinski definition) is 1. The van der Waals surface area contributed by atoms with Crippen molar-refractivity contribution < 1.29 is 5.11 Å². The van der Waals surface area contributed by atoms with Gasteiger partial charge in [-0.2, -0.15) is 0 Å². The molecule has 1 nitrogen and oxygen atoms in total. The summed E-state index contributed by atoms with van der Waals surface area (Å²) in [6, 6.07) is 28.7. The topological polar surface area (TPSA) is 20.2 Å². The maximum atomic E-state index is 7.00. The quantitative estimate of drug-likeness (QED) is 0.736. The maximum absolute atomic E-state index is 7.00. The van der Waals surface area contributed by atoms with Gasteiger partial charge in [0.15, 0.2) is 0 Å². The van der Waals surface area contributed by atoms with Crippen molar-refractivity contribution in [2.75, 3.05) is 7.11 Å². The molecule has 0 aliphatic carbocycles. The zero-order valence-corrected chi connectivity index (χ0v) is 15.2. The van der Waals surface area contributed by atoms with Gasteiger partial charge in [-0.1, -0.05) is 97.7 Å². The zero-order chi connectivity index (χ0) is 16.7. The van der Waals surface area contributed by atoms with Crippen molar-refractivity contribution in [2.24, 2.45) is 0 Å². The fraction of sp³-hybridized carbons (Fsp3) is 0.143. The summed E-state index contributed by atoms with van der Waals surface area (Å²) >= 11 is -1.38. The monoisotopic (exact) mass is 318 g/mol. The molecule has 0 saturated heterocycles. The molecule has 0 saturated carbocycles. The summed E-state index contributed by atoms with van der Waals surface area (Å²) in [7, 11) is 1.00. The fourth-order valence-electron chi connectivity index (χ4n) is 2.93. The maximum Gasteiger partial charge on any atom is 0.383 e. The average molecular weight is 318 g/mol. The normalized spacial score (nSPS) is 9.74. The molecule has 0 aromatic heterocycles. The Bertz CT molecular complexity index is 684. The Labute approximate surface area is 143 Å². The molecular weight excluding hydrogens is 295 g/mol. The molecule has 0 bridgehead atoms. The van der Waals surface area contributed by atoms with Gasteiger partial charge in [0.05, 0.1) is 0 Å². The lowest BCUT2D eigenvalue weighted by molar-refractivity contribution is 0.399. The first-order chi connectivity index (χ1) is 11.3. The van der Waals surface area contributed by atoms with Gasteiger partial charge in [-0.3, -0.25) is 0 Å². The second kappa shape index (κ2) is 8.70. The lowest BCUT2D eigenvalue weighted by Gasteiger charge is -2.17. The Morgan fingerprint density at radius 3 is 1.57 bits per heavy atom. The van der Waals surface area contributed by atoms with Gasteiger partial charge in [0.25, 0.3) is 0 Å². The SMILES string of the molecule is CO.Cc1ccc[c]([Al]([c]2ccccc2)[c]2ccccc2)c1C. The molecule has 0 atom stereocenters. The van der Waals surface area contributed by atoms with Crippen LogP contribution >= 0.6 is 0 Å². The molecule has 3 rings (SSSR count). The van der Waals surface area contributed by atoms with Gasteiger partial charge >= 0.3 is 14.1 Å². The third-order valence-electron chi connectivity index (χ3n) is 4.22. The third-order valence-corrected chi connectivity index (χ3v) is 7.57. The standard InChI is InChI=1S/C8H9.2C6H5.CH4O.Al/c1-7-5-3-4-6-8(7)2;2*1-2-4-6-5-3-1;1-2;/h3-5H,1-2H3;2*1-5H;2H,1H3;. The van der Waals surface area contributed by atoms with Crippen LogP contribution in [-0.2, 0) is 0 Å². The minimum Gasteiger partial charge on any atom is -0.400 e. The van der Waals surface area contributed by atoms with E-state index in [1.165, 1.54) is 24.4 Å². The summed E-state index contributed by atoms with van der Waals surface area (Å²) in [6.45, 7) is 4.47. The second-order valence-electron chi connectivity index (χ2n) is 5.54. The highest BCUT2D eigenvalue weighted by Crippen LogP contribution is 2.05. The summed E-state index contributed by atoms with van der Waals surface area (Å²) in [5.74, 6) is 0. The van der Waals surface area contributed by atoms with E-state index in [2.05, 4.69) is 92.7 Å². The van der Waals surface area contributed by atoms with Crippen LogP contribution in [0.1, 0.15) is 11.1 Å². The van der Waals surface area contributed by atoms with Crippen molar-refractivity contribution in [3.8, 4) is 0 Å². The van der Waals surface area contributed by atoms with Gasteiger partial charge in [-0.15, -0.1) is 0 Å². The van der Waals surface area contributed by atoms with E-state index in [4.69, 9.17) is 5.11 Å². The number of rotatable bonds is 3. The molecule has 0 heterocycles. The van der Waals surface area contributed by atoms with E-state index >= 15 is 0 Å². The van der Waals surface area contributed by atoms with Gasteiger partial charge in [0.1, 0.15) is 0 Å². The Morgan fingerprint density at radius 2 is 1.09 bits per heavy atom. The van der Waals surface area contributed by atoms with Gasteiger partial charge in [-0.25, -0.2) is 0 Å². The number of aryl methyl sites for hydroxylation is 1. The average Bonchev–Trinajstić information content (AvgIpc) is 2.62. The van der Waals surface area contributed by atoms with Crippen molar-refractivity contribution >= 4 is 27.4 Å². The van der Waals surface area contributed by atoms with Crippen molar-refractivity contribution in [1.29, 1.82) is 0 Å². The largest absolute Gasteiger partial charge is 0.400 e. The Balaban J connectivity index is 0.000000924. The first-order valence-electron chi connectivity index (χ1n) is 7.88. The molecule has 3 aromatic carbocycles. The molecule has 0 aliphatic rings. The van der Waals surface area contributed by atoms with Crippen molar-refractivity contribution in [3.05, 3.63) is 90.0 Å². The number of hydrogen-bond donors (Lipinski definition) is 1. The Hall–Kier alpha value is -1.85.